The Hall–Kier alpha value is -0.900. The van der Waals surface area contributed by atoms with Crippen LogP contribution in [0.5, 0.6) is 0 Å². The van der Waals surface area contributed by atoms with E-state index in [1.165, 1.54) is 38.3 Å². The summed E-state index contributed by atoms with van der Waals surface area (Å²) in [7, 11) is 1.84. The third kappa shape index (κ3) is 7.21. The minimum atomic E-state index is 0. The van der Waals surface area contributed by atoms with Gasteiger partial charge in [0.05, 0.1) is 13.2 Å². The zero-order chi connectivity index (χ0) is 18.2. The van der Waals surface area contributed by atoms with Gasteiger partial charge in [-0.25, -0.2) is 0 Å². The van der Waals surface area contributed by atoms with Crippen LogP contribution in [0.2, 0.25) is 0 Å². The lowest BCUT2D eigenvalue weighted by molar-refractivity contribution is 0.0154. The lowest BCUT2D eigenvalue weighted by Gasteiger charge is -2.47. The normalized spacial score (nSPS) is 25.6. The Morgan fingerprint density at radius 3 is 2.56 bits per heavy atom. The SMILES string of the molecule is CN=C(NCC(C)COCc1ccccc1)NCC1CN2CCN1CC2.I. The van der Waals surface area contributed by atoms with Crippen LogP contribution in [0.4, 0.5) is 0 Å². The van der Waals surface area contributed by atoms with Crippen molar-refractivity contribution < 1.29 is 4.74 Å². The van der Waals surface area contributed by atoms with Gasteiger partial charge in [0, 0.05) is 58.9 Å². The van der Waals surface area contributed by atoms with Crippen LogP contribution in [0.1, 0.15) is 12.5 Å². The summed E-state index contributed by atoms with van der Waals surface area (Å²) in [5, 5.41) is 6.92. The quantitative estimate of drug-likeness (QED) is 0.332. The molecule has 2 atom stereocenters. The monoisotopic (exact) mass is 487 g/mol. The van der Waals surface area contributed by atoms with Crippen molar-refractivity contribution in [3.05, 3.63) is 35.9 Å². The average molecular weight is 487 g/mol. The third-order valence-electron chi connectivity index (χ3n) is 5.25. The van der Waals surface area contributed by atoms with Crippen molar-refractivity contribution in [1.29, 1.82) is 0 Å². The van der Waals surface area contributed by atoms with Crippen LogP contribution in [-0.4, -0.2) is 81.3 Å². The van der Waals surface area contributed by atoms with Gasteiger partial charge in [0.15, 0.2) is 5.96 Å². The first-order valence-electron chi connectivity index (χ1n) is 9.77. The predicted molar refractivity (Wildman–Crippen MR) is 122 cm³/mol. The Bertz CT molecular complexity index is 563. The largest absolute Gasteiger partial charge is 0.376 e. The van der Waals surface area contributed by atoms with E-state index in [2.05, 4.69) is 44.5 Å². The van der Waals surface area contributed by atoms with Gasteiger partial charge in [0.1, 0.15) is 0 Å². The van der Waals surface area contributed by atoms with Gasteiger partial charge in [-0.2, -0.15) is 0 Å². The number of hydrogen-bond donors (Lipinski definition) is 2. The second-order valence-corrected chi connectivity index (χ2v) is 7.43. The molecule has 3 fully saturated rings. The van der Waals surface area contributed by atoms with Gasteiger partial charge >= 0.3 is 0 Å². The molecule has 3 aliphatic heterocycles. The summed E-state index contributed by atoms with van der Waals surface area (Å²) in [4.78, 5) is 9.52. The molecule has 1 aromatic carbocycles. The number of piperazine rings is 3. The number of halogens is 1. The number of aliphatic imine (C=N–C) groups is 1. The minimum Gasteiger partial charge on any atom is -0.376 e. The minimum absolute atomic E-state index is 0. The highest BCUT2D eigenvalue weighted by Crippen LogP contribution is 2.14. The van der Waals surface area contributed by atoms with E-state index < -0.39 is 0 Å². The van der Waals surface area contributed by atoms with Gasteiger partial charge in [0.25, 0.3) is 0 Å². The summed E-state index contributed by atoms with van der Waals surface area (Å²) in [5.41, 5.74) is 1.22. The van der Waals surface area contributed by atoms with Gasteiger partial charge in [-0.3, -0.25) is 14.8 Å². The fraction of sp³-hybridized carbons (Fsp3) is 0.650. The molecule has 0 aliphatic carbocycles. The fourth-order valence-corrected chi connectivity index (χ4v) is 3.64. The van der Waals surface area contributed by atoms with Gasteiger partial charge in [-0.15, -0.1) is 24.0 Å². The highest BCUT2D eigenvalue weighted by molar-refractivity contribution is 14.0. The van der Waals surface area contributed by atoms with Gasteiger partial charge < -0.3 is 15.4 Å². The maximum absolute atomic E-state index is 5.82. The molecule has 6 nitrogen and oxygen atoms in total. The predicted octanol–water partition coefficient (Wildman–Crippen LogP) is 1.62. The van der Waals surface area contributed by atoms with E-state index >= 15 is 0 Å². The van der Waals surface area contributed by atoms with Gasteiger partial charge in [-0.1, -0.05) is 37.3 Å². The van der Waals surface area contributed by atoms with E-state index in [0.717, 1.165) is 25.7 Å². The first-order valence-corrected chi connectivity index (χ1v) is 9.77. The first kappa shape index (κ1) is 22.4. The smallest absolute Gasteiger partial charge is 0.191 e. The molecule has 7 heteroatoms. The lowest BCUT2D eigenvalue weighted by atomic mass is 10.1. The molecule has 0 aromatic heterocycles. The van der Waals surface area contributed by atoms with Crippen molar-refractivity contribution in [2.75, 3.05) is 59.5 Å². The molecular formula is C20H34IN5O. The number of guanidine groups is 1. The van der Waals surface area contributed by atoms with Crippen LogP contribution in [0.25, 0.3) is 0 Å². The van der Waals surface area contributed by atoms with E-state index in [-0.39, 0.29) is 24.0 Å². The zero-order valence-electron chi connectivity index (χ0n) is 16.6. The molecule has 152 valence electrons. The molecule has 4 rings (SSSR count). The average Bonchev–Trinajstić information content (AvgIpc) is 2.70. The van der Waals surface area contributed by atoms with Crippen molar-refractivity contribution in [3.63, 3.8) is 0 Å². The number of hydrogen-bond acceptors (Lipinski definition) is 4. The zero-order valence-corrected chi connectivity index (χ0v) is 18.9. The molecule has 3 saturated heterocycles. The Kier molecular flexibility index (Phi) is 9.81. The summed E-state index contributed by atoms with van der Waals surface area (Å²) in [6.07, 6.45) is 0. The lowest BCUT2D eigenvalue weighted by Crippen LogP contribution is -2.63. The van der Waals surface area contributed by atoms with Crippen molar-refractivity contribution in [1.82, 2.24) is 20.4 Å². The second-order valence-electron chi connectivity index (χ2n) is 7.43. The van der Waals surface area contributed by atoms with Crippen LogP contribution in [0.3, 0.4) is 0 Å². The molecule has 0 saturated carbocycles. The highest BCUT2D eigenvalue weighted by atomic mass is 127. The van der Waals surface area contributed by atoms with Gasteiger partial charge in [-0.05, 0) is 11.5 Å². The molecular weight excluding hydrogens is 453 g/mol. The van der Waals surface area contributed by atoms with Crippen molar-refractivity contribution in [2.24, 2.45) is 10.9 Å². The summed E-state index contributed by atoms with van der Waals surface area (Å²) in [5.74, 6) is 1.32. The topological polar surface area (TPSA) is 52.1 Å². The number of nitrogens with zero attached hydrogens (tertiary/aromatic N) is 3. The second kappa shape index (κ2) is 11.8. The molecule has 2 unspecified atom stereocenters. The maximum atomic E-state index is 5.82. The third-order valence-corrected chi connectivity index (χ3v) is 5.25. The molecule has 0 spiro atoms. The molecule has 2 bridgehead atoms. The number of benzene rings is 1. The molecule has 1 aromatic rings. The van der Waals surface area contributed by atoms with Gasteiger partial charge in [0.2, 0.25) is 0 Å². The van der Waals surface area contributed by atoms with Crippen LogP contribution < -0.4 is 10.6 Å². The van der Waals surface area contributed by atoms with E-state index in [0.29, 0.717) is 18.6 Å². The molecule has 27 heavy (non-hydrogen) atoms. The number of ether oxygens (including phenoxy) is 1. The number of rotatable bonds is 8. The maximum Gasteiger partial charge on any atom is 0.191 e. The number of nitrogens with one attached hydrogen (secondary N) is 2. The van der Waals surface area contributed by atoms with Crippen LogP contribution >= 0.6 is 24.0 Å². The molecule has 0 radical (unpaired) electrons. The highest BCUT2D eigenvalue weighted by Gasteiger charge is 2.31. The fourth-order valence-electron chi connectivity index (χ4n) is 3.64. The molecule has 0 amide bonds. The van der Waals surface area contributed by atoms with Crippen molar-refractivity contribution in [3.8, 4) is 0 Å². The molecule has 2 N–H and O–H groups in total. The van der Waals surface area contributed by atoms with E-state index in [9.17, 15) is 0 Å². The summed E-state index contributed by atoms with van der Waals surface area (Å²) in [6, 6.07) is 10.9. The first-order chi connectivity index (χ1) is 12.7. The Morgan fingerprint density at radius 2 is 1.93 bits per heavy atom. The Labute approximate surface area is 180 Å². The molecule has 3 aliphatic rings. The van der Waals surface area contributed by atoms with E-state index in [1.54, 1.807) is 0 Å². The van der Waals surface area contributed by atoms with E-state index in [1.807, 2.05) is 25.2 Å². The van der Waals surface area contributed by atoms with Crippen LogP contribution in [0, 0.1) is 5.92 Å². The summed E-state index contributed by atoms with van der Waals surface area (Å²) in [6.45, 7) is 11.5. The Balaban J connectivity index is 0.00000261. The molecule has 3 heterocycles. The van der Waals surface area contributed by atoms with Crippen molar-refractivity contribution >= 4 is 29.9 Å². The van der Waals surface area contributed by atoms with Crippen molar-refractivity contribution in [2.45, 2.75) is 19.6 Å². The summed E-state index contributed by atoms with van der Waals surface area (Å²) < 4.78 is 5.82. The number of fused-ring (bicyclic) bond motifs is 3. The standard InChI is InChI=1S/C20H33N5O.HI/c1-17(15-26-16-18-6-4-3-5-7-18)12-22-20(21-2)23-13-19-14-24-8-10-25(19)11-9-24;/h3-7,17,19H,8-16H2,1-2H3,(H2,21,22,23);1H. The summed E-state index contributed by atoms with van der Waals surface area (Å²) >= 11 is 0. The van der Waals surface area contributed by atoms with Crippen LogP contribution in [-0.2, 0) is 11.3 Å². The van der Waals surface area contributed by atoms with Crippen LogP contribution in [0.15, 0.2) is 35.3 Å². The van der Waals surface area contributed by atoms with E-state index in [4.69, 9.17) is 4.74 Å². The Morgan fingerprint density at radius 1 is 1.19 bits per heavy atom.